The van der Waals surface area contributed by atoms with Crippen molar-refractivity contribution in [2.24, 2.45) is 23.5 Å². The van der Waals surface area contributed by atoms with Crippen LogP contribution in [-0.2, 0) is 4.79 Å². The van der Waals surface area contributed by atoms with Gasteiger partial charge in [0.1, 0.15) is 0 Å². The van der Waals surface area contributed by atoms with E-state index < -0.39 is 6.10 Å². The molecule has 1 rings (SSSR count). The molecule has 136 valence electrons. The number of nitrogens with one attached hydrogen (secondary N) is 1. The Morgan fingerprint density at radius 2 is 1.91 bits per heavy atom. The first-order chi connectivity index (χ1) is 11.0. The van der Waals surface area contributed by atoms with Gasteiger partial charge in [0.15, 0.2) is 0 Å². The maximum atomic E-state index is 12.3. The minimum atomic E-state index is -0.582. The minimum absolute atomic E-state index is 0.0670. The predicted octanol–water partition coefficient (Wildman–Crippen LogP) is 3.22. The van der Waals surface area contributed by atoms with Gasteiger partial charge in [0, 0.05) is 18.5 Å². The Morgan fingerprint density at radius 1 is 1.26 bits per heavy atom. The Balaban J connectivity index is 2.45. The molecule has 0 saturated heterocycles. The van der Waals surface area contributed by atoms with Crippen LogP contribution in [0.3, 0.4) is 0 Å². The van der Waals surface area contributed by atoms with Crippen molar-refractivity contribution in [3.8, 4) is 0 Å². The second-order valence-electron chi connectivity index (χ2n) is 7.70. The number of aliphatic hydroxyl groups excluding tert-OH is 1. The van der Waals surface area contributed by atoms with E-state index in [0.717, 1.165) is 25.8 Å². The van der Waals surface area contributed by atoms with Crippen LogP contribution in [0.25, 0.3) is 0 Å². The van der Waals surface area contributed by atoms with Crippen LogP contribution in [0.5, 0.6) is 0 Å². The third-order valence-electron chi connectivity index (χ3n) is 5.29. The van der Waals surface area contributed by atoms with Gasteiger partial charge in [-0.05, 0) is 31.1 Å². The van der Waals surface area contributed by atoms with E-state index in [9.17, 15) is 9.90 Å². The molecule has 1 aliphatic rings. The highest BCUT2D eigenvalue weighted by atomic mass is 16.3. The maximum absolute atomic E-state index is 12.3. The maximum Gasteiger partial charge on any atom is 0.223 e. The van der Waals surface area contributed by atoms with Gasteiger partial charge in [-0.1, -0.05) is 59.3 Å². The molecular formula is C19H38N2O2. The third-order valence-corrected chi connectivity index (χ3v) is 5.29. The lowest BCUT2D eigenvalue weighted by Gasteiger charge is -2.29. The molecule has 0 bridgehead atoms. The fourth-order valence-electron chi connectivity index (χ4n) is 3.60. The first-order valence-electron chi connectivity index (χ1n) is 9.67. The number of carbonyl (C=O) groups is 1. The first kappa shape index (κ1) is 20.4. The van der Waals surface area contributed by atoms with Crippen LogP contribution in [0, 0.1) is 17.8 Å². The zero-order valence-electron chi connectivity index (χ0n) is 15.4. The number of nitrogens with two attached hydrogens (primary N) is 1. The molecule has 0 radical (unpaired) electrons. The molecule has 1 aliphatic carbocycles. The van der Waals surface area contributed by atoms with Crippen molar-refractivity contribution in [3.63, 3.8) is 0 Å². The quantitative estimate of drug-likeness (QED) is 0.540. The topological polar surface area (TPSA) is 75.3 Å². The predicted molar refractivity (Wildman–Crippen MR) is 96.0 cm³/mol. The Labute approximate surface area is 142 Å². The van der Waals surface area contributed by atoms with E-state index in [1.54, 1.807) is 0 Å². The zero-order valence-corrected chi connectivity index (χ0v) is 15.4. The molecule has 0 aromatic carbocycles. The third kappa shape index (κ3) is 7.67. The molecule has 3 atom stereocenters. The van der Waals surface area contributed by atoms with E-state index in [2.05, 4.69) is 12.2 Å². The van der Waals surface area contributed by atoms with Crippen molar-refractivity contribution in [1.29, 1.82) is 0 Å². The van der Waals surface area contributed by atoms with Gasteiger partial charge < -0.3 is 16.2 Å². The monoisotopic (exact) mass is 326 g/mol. The smallest absolute Gasteiger partial charge is 0.223 e. The summed E-state index contributed by atoms with van der Waals surface area (Å²) in [6.45, 7) is 6.93. The first-order valence-corrected chi connectivity index (χ1v) is 9.67. The van der Waals surface area contributed by atoms with Crippen LogP contribution in [0.1, 0.15) is 78.6 Å². The summed E-state index contributed by atoms with van der Waals surface area (Å²) in [6.07, 6.45) is 9.26. The highest BCUT2D eigenvalue weighted by Crippen LogP contribution is 2.28. The van der Waals surface area contributed by atoms with Crippen molar-refractivity contribution < 1.29 is 9.90 Å². The fourth-order valence-corrected chi connectivity index (χ4v) is 3.60. The number of rotatable bonds is 10. The lowest BCUT2D eigenvalue weighted by atomic mass is 9.81. The number of hydrogen-bond acceptors (Lipinski definition) is 3. The number of hydrogen-bond donors (Lipinski definition) is 3. The Bertz CT molecular complexity index is 327. The Kier molecular flexibility index (Phi) is 9.80. The molecule has 4 heteroatoms. The van der Waals surface area contributed by atoms with Crippen molar-refractivity contribution in [2.75, 3.05) is 6.54 Å². The molecule has 1 saturated carbocycles. The summed E-state index contributed by atoms with van der Waals surface area (Å²) in [7, 11) is 0. The van der Waals surface area contributed by atoms with Gasteiger partial charge in [-0.25, -0.2) is 0 Å². The number of unbranched alkanes of at least 4 members (excludes halogenated alkanes) is 1. The molecule has 0 spiro atoms. The molecule has 0 aromatic rings. The van der Waals surface area contributed by atoms with Gasteiger partial charge in [-0.15, -0.1) is 0 Å². The molecule has 4 nitrogen and oxygen atoms in total. The standard InChI is InChI=1S/C19H38N2O2/c1-4-5-11-21-19(23)16(14(2)3)13-18(22)17(20)12-15-9-7-6-8-10-15/h14-18,22H,4-13,20H2,1-3H3,(H,21,23)/t16-,17+,18+/m1/s1. The van der Waals surface area contributed by atoms with Crippen molar-refractivity contribution in [1.82, 2.24) is 5.32 Å². The fraction of sp³-hybridized carbons (Fsp3) is 0.947. The molecule has 1 fully saturated rings. The zero-order chi connectivity index (χ0) is 17.2. The molecule has 1 amide bonds. The normalized spacial score (nSPS) is 20.3. The highest BCUT2D eigenvalue weighted by molar-refractivity contribution is 5.78. The van der Waals surface area contributed by atoms with Gasteiger partial charge in [-0.2, -0.15) is 0 Å². The summed E-state index contributed by atoms with van der Waals surface area (Å²) in [5, 5.41) is 13.5. The lowest BCUT2D eigenvalue weighted by Crippen LogP contribution is -2.42. The number of carbonyl (C=O) groups excluding carboxylic acids is 1. The summed E-state index contributed by atoms with van der Waals surface area (Å²) < 4.78 is 0. The van der Waals surface area contributed by atoms with Gasteiger partial charge in [0.05, 0.1) is 6.10 Å². The van der Waals surface area contributed by atoms with Crippen molar-refractivity contribution in [2.45, 2.75) is 90.7 Å². The molecule has 0 aliphatic heterocycles. The highest BCUT2D eigenvalue weighted by Gasteiger charge is 2.29. The summed E-state index contributed by atoms with van der Waals surface area (Å²) in [4.78, 5) is 12.3. The van der Waals surface area contributed by atoms with E-state index in [4.69, 9.17) is 5.73 Å². The van der Waals surface area contributed by atoms with Crippen LogP contribution in [0.4, 0.5) is 0 Å². The van der Waals surface area contributed by atoms with Crippen LogP contribution in [0.2, 0.25) is 0 Å². The van der Waals surface area contributed by atoms with Gasteiger partial charge in [0.2, 0.25) is 5.91 Å². The largest absolute Gasteiger partial charge is 0.391 e. The average Bonchev–Trinajstić information content (AvgIpc) is 2.53. The van der Waals surface area contributed by atoms with E-state index >= 15 is 0 Å². The number of aliphatic hydroxyl groups is 1. The molecule has 0 heterocycles. The second kappa shape index (κ2) is 11.0. The van der Waals surface area contributed by atoms with E-state index in [0.29, 0.717) is 12.3 Å². The molecular weight excluding hydrogens is 288 g/mol. The number of amides is 1. The van der Waals surface area contributed by atoms with Crippen LogP contribution >= 0.6 is 0 Å². The average molecular weight is 327 g/mol. The molecule has 4 N–H and O–H groups in total. The van der Waals surface area contributed by atoms with E-state index in [1.165, 1.54) is 32.1 Å². The van der Waals surface area contributed by atoms with E-state index in [1.807, 2.05) is 13.8 Å². The summed E-state index contributed by atoms with van der Waals surface area (Å²) >= 11 is 0. The Morgan fingerprint density at radius 3 is 2.48 bits per heavy atom. The van der Waals surface area contributed by atoms with Crippen molar-refractivity contribution in [3.05, 3.63) is 0 Å². The second-order valence-corrected chi connectivity index (χ2v) is 7.70. The Hall–Kier alpha value is -0.610. The van der Waals surface area contributed by atoms with Crippen molar-refractivity contribution >= 4 is 5.91 Å². The van der Waals surface area contributed by atoms with Crippen LogP contribution in [0.15, 0.2) is 0 Å². The SMILES string of the molecule is CCCCNC(=O)[C@H](C[C@H](O)[C@@H](N)CC1CCCCC1)C(C)C. The lowest BCUT2D eigenvalue weighted by molar-refractivity contribution is -0.127. The molecule has 0 aromatic heterocycles. The van der Waals surface area contributed by atoms with E-state index in [-0.39, 0.29) is 23.8 Å². The van der Waals surface area contributed by atoms with Crippen LogP contribution < -0.4 is 11.1 Å². The van der Waals surface area contributed by atoms with Gasteiger partial charge in [-0.3, -0.25) is 4.79 Å². The molecule has 23 heavy (non-hydrogen) atoms. The summed E-state index contributed by atoms with van der Waals surface area (Å²) in [5.41, 5.74) is 6.24. The van der Waals surface area contributed by atoms with Crippen LogP contribution in [-0.4, -0.2) is 29.7 Å². The summed E-state index contributed by atoms with van der Waals surface area (Å²) in [5.74, 6) is 0.786. The molecule has 0 unspecified atom stereocenters. The van der Waals surface area contributed by atoms with Gasteiger partial charge >= 0.3 is 0 Å². The minimum Gasteiger partial charge on any atom is -0.391 e. The van der Waals surface area contributed by atoms with Gasteiger partial charge in [0.25, 0.3) is 0 Å². The summed E-state index contributed by atoms with van der Waals surface area (Å²) in [6, 6.07) is -0.206.